The zero-order valence-corrected chi connectivity index (χ0v) is 17.8. The van der Waals surface area contributed by atoms with E-state index >= 15 is 0 Å². The zero-order chi connectivity index (χ0) is 21.4. The molecule has 2 aromatic heterocycles. The topological polar surface area (TPSA) is 55.6 Å². The number of aromatic nitrogens is 1. The number of rotatable bonds is 6. The Bertz CT molecular complexity index is 1230. The Labute approximate surface area is 185 Å². The summed E-state index contributed by atoms with van der Waals surface area (Å²) < 4.78 is 10.5. The smallest absolute Gasteiger partial charge is 0.257 e. The highest BCUT2D eigenvalue weighted by molar-refractivity contribution is 6.30. The number of halogens is 1. The minimum atomic E-state index is -0.0202. The zero-order valence-electron chi connectivity index (χ0n) is 17.0. The summed E-state index contributed by atoms with van der Waals surface area (Å²) in [6.45, 7) is 0.474. The first kappa shape index (κ1) is 19.6. The molecule has 0 spiro atoms. The predicted molar refractivity (Wildman–Crippen MR) is 120 cm³/mol. The van der Waals surface area contributed by atoms with Crippen LogP contribution >= 0.6 is 11.6 Å². The lowest BCUT2D eigenvalue weighted by Crippen LogP contribution is -2.32. The van der Waals surface area contributed by atoms with Crippen molar-refractivity contribution < 1.29 is 13.9 Å². The van der Waals surface area contributed by atoms with Crippen LogP contribution in [0.1, 0.15) is 28.8 Å². The summed E-state index contributed by atoms with van der Waals surface area (Å²) in [6.07, 6.45) is 5.06. The summed E-state index contributed by atoms with van der Waals surface area (Å²) in [6, 6.07) is 17.5. The van der Waals surface area contributed by atoms with Gasteiger partial charge >= 0.3 is 0 Å². The van der Waals surface area contributed by atoms with Gasteiger partial charge in [-0.15, -0.1) is 0 Å². The normalized spacial score (nSPS) is 13.4. The molecule has 1 fully saturated rings. The number of fused-ring (bicyclic) bond motifs is 1. The van der Waals surface area contributed by atoms with Crippen LogP contribution < -0.4 is 4.74 Å². The Kier molecular flexibility index (Phi) is 5.12. The fraction of sp³-hybridized carbons (Fsp3) is 0.200. The maximum atomic E-state index is 13.1. The SMILES string of the molecule is COc1ccc2cc(CN(C(=O)c3ccoc3)C3CC3)c(-c3ccc(Cl)cc3)nc2c1. The van der Waals surface area contributed by atoms with Crippen molar-refractivity contribution in [1.29, 1.82) is 0 Å². The number of benzene rings is 2. The van der Waals surface area contributed by atoms with Gasteiger partial charge in [-0.2, -0.15) is 0 Å². The maximum Gasteiger partial charge on any atom is 0.257 e. The predicted octanol–water partition coefficient (Wildman–Crippen LogP) is 5.96. The van der Waals surface area contributed by atoms with Crippen molar-refractivity contribution in [3.05, 3.63) is 83.3 Å². The van der Waals surface area contributed by atoms with Crippen molar-refractivity contribution >= 4 is 28.4 Å². The first-order valence-corrected chi connectivity index (χ1v) is 10.6. The first-order valence-electron chi connectivity index (χ1n) is 10.2. The summed E-state index contributed by atoms with van der Waals surface area (Å²) in [5.41, 5.74) is 4.19. The molecule has 5 rings (SSSR count). The van der Waals surface area contributed by atoms with Crippen LogP contribution in [0, 0.1) is 0 Å². The van der Waals surface area contributed by atoms with Gasteiger partial charge in [0, 0.05) is 34.6 Å². The van der Waals surface area contributed by atoms with Crippen LogP contribution in [-0.2, 0) is 6.54 Å². The van der Waals surface area contributed by atoms with Crippen molar-refractivity contribution in [2.24, 2.45) is 0 Å². The molecule has 1 amide bonds. The monoisotopic (exact) mass is 432 g/mol. The molecule has 1 aliphatic carbocycles. The van der Waals surface area contributed by atoms with Crippen LogP contribution in [0.15, 0.2) is 71.5 Å². The van der Waals surface area contributed by atoms with E-state index in [-0.39, 0.29) is 11.9 Å². The number of nitrogens with zero attached hydrogens (tertiary/aromatic N) is 2. The third-order valence-electron chi connectivity index (χ3n) is 5.58. The fourth-order valence-electron chi connectivity index (χ4n) is 3.78. The van der Waals surface area contributed by atoms with Gasteiger partial charge in [-0.3, -0.25) is 4.79 Å². The summed E-state index contributed by atoms with van der Waals surface area (Å²) in [5.74, 6) is 0.734. The Morgan fingerprint density at radius 2 is 1.97 bits per heavy atom. The third kappa shape index (κ3) is 4.01. The van der Waals surface area contributed by atoms with Crippen molar-refractivity contribution in [1.82, 2.24) is 9.88 Å². The lowest BCUT2D eigenvalue weighted by atomic mass is 10.0. The van der Waals surface area contributed by atoms with Crippen LogP contribution in [0.25, 0.3) is 22.2 Å². The van der Waals surface area contributed by atoms with E-state index in [0.29, 0.717) is 17.1 Å². The summed E-state index contributed by atoms with van der Waals surface area (Å²) in [5, 5.41) is 1.67. The van der Waals surface area contributed by atoms with Crippen molar-refractivity contribution in [2.45, 2.75) is 25.4 Å². The van der Waals surface area contributed by atoms with E-state index in [1.54, 1.807) is 13.2 Å². The van der Waals surface area contributed by atoms with Crippen molar-refractivity contribution in [3.8, 4) is 17.0 Å². The number of ether oxygens (including phenoxy) is 1. The molecule has 0 aliphatic heterocycles. The molecule has 0 unspecified atom stereocenters. The molecule has 5 nitrogen and oxygen atoms in total. The molecule has 31 heavy (non-hydrogen) atoms. The number of hydrogen-bond donors (Lipinski definition) is 0. The van der Waals surface area contributed by atoms with Gasteiger partial charge in [-0.05, 0) is 54.8 Å². The number of methoxy groups -OCH3 is 1. The molecule has 0 atom stereocenters. The molecule has 1 aliphatic rings. The van der Waals surface area contributed by atoms with E-state index in [1.807, 2.05) is 47.4 Å². The summed E-state index contributed by atoms with van der Waals surface area (Å²) in [4.78, 5) is 20.0. The average Bonchev–Trinajstić information content (AvgIpc) is 3.49. The Hall–Kier alpha value is -3.31. The van der Waals surface area contributed by atoms with Crippen molar-refractivity contribution in [2.75, 3.05) is 7.11 Å². The lowest BCUT2D eigenvalue weighted by molar-refractivity contribution is 0.0729. The molecule has 0 radical (unpaired) electrons. The van der Waals surface area contributed by atoms with E-state index in [0.717, 1.165) is 46.3 Å². The van der Waals surface area contributed by atoms with Gasteiger partial charge < -0.3 is 14.1 Å². The molecule has 0 bridgehead atoms. The highest BCUT2D eigenvalue weighted by Gasteiger charge is 2.34. The van der Waals surface area contributed by atoms with E-state index < -0.39 is 0 Å². The second-order valence-corrected chi connectivity index (χ2v) is 8.17. The molecule has 4 aromatic rings. The van der Waals surface area contributed by atoms with Gasteiger partial charge in [0.2, 0.25) is 0 Å². The van der Waals surface area contributed by atoms with Gasteiger partial charge in [0.15, 0.2) is 0 Å². The number of furan rings is 1. The van der Waals surface area contributed by atoms with Gasteiger partial charge in [-0.25, -0.2) is 4.98 Å². The van der Waals surface area contributed by atoms with Crippen LogP contribution in [0.2, 0.25) is 5.02 Å². The van der Waals surface area contributed by atoms with Gasteiger partial charge in [0.05, 0.1) is 30.1 Å². The van der Waals surface area contributed by atoms with E-state index in [1.165, 1.54) is 12.5 Å². The Morgan fingerprint density at radius 3 is 2.65 bits per heavy atom. The summed E-state index contributed by atoms with van der Waals surface area (Å²) >= 11 is 6.11. The molecular formula is C25H21ClN2O3. The molecule has 6 heteroatoms. The Morgan fingerprint density at radius 1 is 1.16 bits per heavy atom. The molecular weight excluding hydrogens is 412 g/mol. The highest BCUT2D eigenvalue weighted by atomic mass is 35.5. The Balaban J connectivity index is 1.60. The highest BCUT2D eigenvalue weighted by Crippen LogP contribution is 2.34. The van der Waals surface area contributed by atoms with E-state index in [2.05, 4.69) is 6.07 Å². The molecule has 156 valence electrons. The van der Waals surface area contributed by atoms with Gasteiger partial charge in [-0.1, -0.05) is 23.7 Å². The van der Waals surface area contributed by atoms with Gasteiger partial charge in [0.25, 0.3) is 5.91 Å². The number of pyridine rings is 1. The number of carbonyl (C=O) groups is 1. The van der Waals surface area contributed by atoms with Crippen molar-refractivity contribution in [3.63, 3.8) is 0 Å². The van der Waals surface area contributed by atoms with Crippen LogP contribution in [0.5, 0.6) is 5.75 Å². The maximum absolute atomic E-state index is 13.1. The lowest BCUT2D eigenvalue weighted by Gasteiger charge is -2.23. The summed E-state index contributed by atoms with van der Waals surface area (Å²) in [7, 11) is 1.64. The minimum Gasteiger partial charge on any atom is -0.497 e. The second-order valence-electron chi connectivity index (χ2n) is 7.74. The van der Waals surface area contributed by atoms with Crippen LogP contribution in [0.3, 0.4) is 0 Å². The van der Waals surface area contributed by atoms with Crippen LogP contribution in [0.4, 0.5) is 0 Å². The fourth-order valence-corrected chi connectivity index (χ4v) is 3.91. The standard InChI is InChI=1S/C25H21ClN2O3/c1-30-22-9-4-17-12-19(14-28(21-7-8-21)25(29)18-10-11-31-15-18)24(27-23(17)13-22)16-2-5-20(26)6-3-16/h2-6,9-13,15,21H,7-8,14H2,1H3. The molecule has 0 saturated heterocycles. The van der Waals surface area contributed by atoms with E-state index in [4.69, 9.17) is 25.7 Å². The average molecular weight is 433 g/mol. The quantitative estimate of drug-likeness (QED) is 0.377. The molecule has 2 aromatic carbocycles. The third-order valence-corrected chi connectivity index (χ3v) is 5.83. The van der Waals surface area contributed by atoms with Crippen LogP contribution in [-0.4, -0.2) is 28.9 Å². The number of hydrogen-bond acceptors (Lipinski definition) is 4. The second kappa shape index (κ2) is 8.08. The van der Waals surface area contributed by atoms with Gasteiger partial charge in [0.1, 0.15) is 12.0 Å². The van der Waals surface area contributed by atoms with E-state index in [9.17, 15) is 4.79 Å². The molecule has 0 N–H and O–H groups in total. The number of amides is 1. The number of carbonyl (C=O) groups excluding carboxylic acids is 1. The minimum absolute atomic E-state index is 0.0202. The largest absolute Gasteiger partial charge is 0.497 e. The molecule has 2 heterocycles. The first-order chi connectivity index (χ1) is 15.1. The molecule has 1 saturated carbocycles.